The lowest BCUT2D eigenvalue weighted by Gasteiger charge is -2.16. The van der Waals surface area contributed by atoms with Crippen LogP contribution < -0.4 is 10.6 Å². The van der Waals surface area contributed by atoms with E-state index >= 15 is 0 Å². The number of anilines is 2. The fraction of sp³-hybridized carbons (Fsp3) is 0.400. The molecular formula is C10H16N2O. The average Bonchev–Trinajstić information content (AvgIpc) is 2.03. The quantitative estimate of drug-likeness (QED) is 0.676. The van der Waals surface area contributed by atoms with Crippen LogP contribution in [0.2, 0.25) is 0 Å². The summed E-state index contributed by atoms with van der Waals surface area (Å²) in [6.45, 7) is 1.73. The van der Waals surface area contributed by atoms with Crippen molar-refractivity contribution in [1.82, 2.24) is 0 Å². The maximum Gasteiger partial charge on any atom is 0.0762 e. The summed E-state index contributed by atoms with van der Waals surface area (Å²) < 4.78 is 0. The van der Waals surface area contributed by atoms with Crippen molar-refractivity contribution >= 4 is 11.4 Å². The van der Waals surface area contributed by atoms with Crippen molar-refractivity contribution in [2.24, 2.45) is 0 Å². The van der Waals surface area contributed by atoms with Gasteiger partial charge < -0.3 is 15.7 Å². The zero-order chi connectivity index (χ0) is 10.0. The first kappa shape index (κ1) is 9.86. The van der Waals surface area contributed by atoms with E-state index in [1.54, 1.807) is 13.0 Å². The van der Waals surface area contributed by atoms with E-state index in [1.807, 2.05) is 31.1 Å². The number of aliphatic hydroxyl groups excluding tert-OH is 1. The Morgan fingerprint density at radius 1 is 1.38 bits per heavy atom. The van der Waals surface area contributed by atoms with Crippen LogP contribution in [0.15, 0.2) is 18.2 Å². The Labute approximate surface area is 78.8 Å². The van der Waals surface area contributed by atoms with Crippen LogP contribution in [0.3, 0.4) is 0 Å². The second-order valence-corrected chi connectivity index (χ2v) is 3.39. The van der Waals surface area contributed by atoms with Crippen LogP contribution in [0.1, 0.15) is 18.6 Å². The van der Waals surface area contributed by atoms with Crippen molar-refractivity contribution in [2.45, 2.75) is 13.0 Å². The Morgan fingerprint density at radius 2 is 2.00 bits per heavy atom. The van der Waals surface area contributed by atoms with Crippen LogP contribution in [-0.4, -0.2) is 19.2 Å². The Bertz CT molecular complexity index is 295. The summed E-state index contributed by atoms with van der Waals surface area (Å²) in [5, 5.41) is 9.31. The van der Waals surface area contributed by atoms with E-state index in [2.05, 4.69) is 0 Å². The van der Waals surface area contributed by atoms with E-state index in [0.717, 1.165) is 11.3 Å². The molecule has 13 heavy (non-hydrogen) atoms. The number of nitrogens with two attached hydrogens (primary N) is 1. The van der Waals surface area contributed by atoms with Crippen LogP contribution in [0.5, 0.6) is 0 Å². The van der Waals surface area contributed by atoms with E-state index in [0.29, 0.717) is 5.69 Å². The maximum absolute atomic E-state index is 9.31. The predicted octanol–water partition coefficient (Wildman–Crippen LogP) is 1.39. The van der Waals surface area contributed by atoms with E-state index in [4.69, 9.17) is 5.73 Å². The Balaban J connectivity index is 3.06. The van der Waals surface area contributed by atoms with Gasteiger partial charge >= 0.3 is 0 Å². The molecule has 0 saturated carbocycles. The largest absolute Gasteiger partial charge is 0.397 e. The molecule has 0 heterocycles. The van der Waals surface area contributed by atoms with E-state index < -0.39 is 6.10 Å². The van der Waals surface area contributed by atoms with Gasteiger partial charge in [0, 0.05) is 14.1 Å². The molecule has 0 unspecified atom stereocenters. The van der Waals surface area contributed by atoms with Crippen molar-refractivity contribution in [3.05, 3.63) is 23.8 Å². The number of aliphatic hydroxyl groups is 1. The van der Waals surface area contributed by atoms with E-state index in [1.165, 1.54) is 0 Å². The van der Waals surface area contributed by atoms with Crippen molar-refractivity contribution in [1.29, 1.82) is 0 Å². The summed E-state index contributed by atoms with van der Waals surface area (Å²) in [6.07, 6.45) is -0.460. The number of hydrogen-bond donors (Lipinski definition) is 2. The number of benzene rings is 1. The van der Waals surface area contributed by atoms with Crippen molar-refractivity contribution in [3.8, 4) is 0 Å². The fourth-order valence-corrected chi connectivity index (χ4v) is 1.24. The normalized spacial score (nSPS) is 12.6. The summed E-state index contributed by atoms with van der Waals surface area (Å²) in [7, 11) is 3.88. The highest BCUT2D eigenvalue weighted by Crippen LogP contribution is 2.24. The number of nitrogen functional groups attached to an aromatic ring is 1. The molecule has 0 radical (unpaired) electrons. The first-order valence-electron chi connectivity index (χ1n) is 4.27. The molecule has 0 spiro atoms. The number of rotatable bonds is 2. The minimum absolute atomic E-state index is 0.460. The summed E-state index contributed by atoms with van der Waals surface area (Å²) >= 11 is 0. The summed E-state index contributed by atoms with van der Waals surface area (Å²) in [4.78, 5) is 1.95. The molecule has 3 nitrogen and oxygen atoms in total. The van der Waals surface area contributed by atoms with Gasteiger partial charge in [-0.15, -0.1) is 0 Å². The topological polar surface area (TPSA) is 49.5 Å². The lowest BCUT2D eigenvalue weighted by atomic mass is 10.1. The van der Waals surface area contributed by atoms with Crippen LogP contribution in [-0.2, 0) is 0 Å². The summed E-state index contributed by atoms with van der Waals surface area (Å²) in [5.74, 6) is 0. The van der Waals surface area contributed by atoms with Gasteiger partial charge in [-0.2, -0.15) is 0 Å². The summed E-state index contributed by atoms with van der Waals surface area (Å²) in [6, 6.07) is 5.60. The zero-order valence-corrected chi connectivity index (χ0v) is 8.28. The van der Waals surface area contributed by atoms with Crippen LogP contribution in [0.25, 0.3) is 0 Å². The minimum atomic E-state index is -0.460. The second kappa shape index (κ2) is 3.66. The third-order valence-corrected chi connectivity index (χ3v) is 2.02. The van der Waals surface area contributed by atoms with Gasteiger partial charge in [0.2, 0.25) is 0 Å². The molecule has 0 aliphatic carbocycles. The highest BCUT2D eigenvalue weighted by molar-refractivity contribution is 5.67. The Kier molecular flexibility index (Phi) is 2.78. The molecule has 3 N–H and O–H groups in total. The predicted molar refractivity (Wildman–Crippen MR) is 55.8 cm³/mol. The van der Waals surface area contributed by atoms with Crippen molar-refractivity contribution in [2.75, 3.05) is 24.7 Å². The SMILES string of the molecule is C[C@H](O)c1ccc(N(C)C)c(N)c1. The molecule has 3 heteroatoms. The zero-order valence-electron chi connectivity index (χ0n) is 8.28. The third kappa shape index (κ3) is 2.12. The molecule has 0 bridgehead atoms. The van der Waals surface area contributed by atoms with Gasteiger partial charge in [0.1, 0.15) is 0 Å². The molecule has 0 saturated heterocycles. The van der Waals surface area contributed by atoms with Gasteiger partial charge in [-0.05, 0) is 24.6 Å². The molecule has 1 aromatic rings. The first-order valence-corrected chi connectivity index (χ1v) is 4.27. The van der Waals surface area contributed by atoms with Crippen LogP contribution in [0, 0.1) is 0 Å². The van der Waals surface area contributed by atoms with Gasteiger partial charge in [0.05, 0.1) is 17.5 Å². The molecule has 1 atom stereocenters. The Morgan fingerprint density at radius 3 is 2.38 bits per heavy atom. The van der Waals surface area contributed by atoms with E-state index in [-0.39, 0.29) is 0 Å². The highest BCUT2D eigenvalue weighted by atomic mass is 16.3. The lowest BCUT2D eigenvalue weighted by Crippen LogP contribution is -2.11. The summed E-state index contributed by atoms with van der Waals surface area (Å²) in [5.41, 5.74) is 8.33. The first-order chi connectivity index (χ1) is 6.02. The molecule has 0 aliphatic heterocycles. The minimum Gasteiger partial charge on any atom is -0.397 e. The van der Waals surface area contributed by atoms with Crippen molar-refractivity contribution in [3.63, 3.8) is 0 Å². The molecular weight excluding hydrogens is 164 g/mol. The molecule has 1 aromatic carbocycles. The van der Waals surface area contributed by atoms with Crippen LogP contribution in [0.4, 0.5) is 11.4 Å². The Hall–Kier alpha value is -1.22. The maximum atomic E-state index is 9.31. The van der Waals surface area contributed by atoms with Gasteiger partial charge in [-0.3, -0.25) is 0 Å². The molecule has 0 fully saturated rings. The smallest absolute Gasteiger partial charge is 0.0762 e. The molecule has 1 rings (SSSR count). The monoisotopic (exact) mass is 180 g/mol. The number of hydrogen-bond acceptors (Lipinski definition) is 3. The van der Waals surface area contributed by atoms with E-state index in [9.17, 15) is 5.11 Å². The molecule has 0 aromatic heterocycles. The molecule has 72 valence electrons. The van der Waals surface area contributed by atoms with Gasteiger partial charge in [-0.1, -0.05) is 6.07 Å². The molecule has 0 amide bonds. The standard InChI is InChI=1S/C10H16N2O/c1-7(13)8-4-5-10(12(2)3)9(11)6-8/h4-7,13H,11H2,1-3H3/t7-/m0/s1. The number of nitrogens with zero attached hydrogens (tertiary/aromatic N) is 1. The van der Waals surface area contributed by atoms with Gasteiger partial charge in [0.25, 0.3) is 0 Å². The third-order valence-electron chi connectivity index (χ3n) is 2.02. The fourth-order valence-electron chi connectivity index (χ4n) is 1.24. The second-order valence-electron chi connectivity index (χ2n) is 3.39. The molecule has 0 aliphatic rings. The van der Waals surface area contributed by atoms with Gasteiger partial charge in [0.15, 0.2) is 0 Å². The highest BCUT2D eigenvalue weighted by Gasteiger charge is 2.05. The van der Waals surface area contributed by atoms with Crippen molar-refractivity contribution < 1.29 is 5.11 Å². The lowest BCUT2D eigenvalue weighted by molar-refractivity contribution is 0.199. The van der Waals surface area contributed by atoms with Gasteiger partial charge in [-0.25, -0.2) is 0 Å². The van der Waals surface area contributed by atoms with Crippen LogP contribution >= 0.6 is 0 Å². The average molecular weight is 180 g/mol.